The lowest BCUT2D eigenvalue weighted by atomic mass is 9.79. The summed E-state index contributed by atoms with van der Waals surface area (Å²) in [5.41, 5.74) is 1.00. The van der Waals surface area contributed by atoms with Crippen LogP contribution in [0.4, 0.5) is 0 Å². The van der Waals surface area contributed by atoms with Gasteiger partial charge in [0.15, 0.2) is 5.75 Å². The van der Waals surface area contributed by atoms with Crippen LogP contribution in [-0.4, -0.2) is 88.6 Å². The molecule has 5 aliphatic heterocycles. The van der Waals surface area contributed by atoms with E-state index in [1.807, 2.05) is 49.5 Å². The van der Waals surface area contributed by atoms with E-state index in [1.165, 1.54) is 5.57 Å². The summed E-state index contributed by atoms with van der Waals surface area (Å²) in [6.07, 6.45) is 17.6. The van der Waals surface area contributed by atoms with Gasteiger partial charge in [-0.2, -0.15) is 0 Å². The Morgan fingerprint density at radius 1 is 0.917 bits per heavy atom. The molecule has 5 saturated heterocycles. The second-order valence-corrected chi connectivity index (χ2v) is 19.0. The highest BCUT2D eigenvalue weighted by Crippen LogP contribution is 2.49. The average Bonchev–Trinajstić information content (AvgIpc) is 3.57. The largest absolute Gasteiger partial charge is 0.483 e. The number of ether oxygens (including phenoxy) is 6. The fourth-order valence-electron chi connectivity index (χ4n) is 10.1. The van der Waals surface area contributed by atoms with Gasteiger partial charge in [0.05, 0.1) is 77.6 Å². The third kappa shape index (κ3) is 10.2. The summed E-state index contributed by atoms with van der Waals surface area (Å²) in [7, 11) is 0. The number of aliphatic hydroxyl groups excluding tert-OH is 1. The molecule has 11 heteroatoms. The molecular formula is C49H69ClNO9+. The molecule has 10 nitrogen and oxygen atoms in total. The number of aromatic nitrogens is 1. The maximum Gasteiger partial charge on any atom is 0.299 e. The van der Waals surface area contributed by atoms with Gasteiger partial charge in [-0.05, 0) is 116 Å². The Morgan fingerprint density at radius 3 is 2.43 bits per heavy atom. The van der Waals surface area contributed by atoms with Crippen molar-refractivity contribution >= 4 is 11.6 Å². The molecule has 0 spiro atoms. The van der Waals surface area contributed by atoms with Gasteiger partial charge in [0.25, 0.3) is 5.69 Å². The Morgan fingerprint density at radius 2 is 1.65 bits per heavy atom. The number of allylic oxidation sites excluding steroid dienone is 6. The molecule has 13 atom stereocenters. The Hall–Kier alpha value is -2.80. The smallest absolute Gasteiger partial charge is 0.299 e. The molecule has 1 aromatic carbocycles. The summed E-state index contributed by atoms with van der Waals surface area (Å²) >= 11 is 5.94. The van der Waals surface area contributed by atoms with Crippen molar-refractivity contribution in [3.05, 3.63) is 90.4 Å². The van der Waals surface area contributed by atoms with Crippen LogP contribution in [0.1, 0.15) is 118 Å². The third-order valence-electron chi connectivity index (χ3n) is 14.1. The fourth-order valence-corrected chi connectivity index (χ4v) is 10.3. The van der Waals surface area contributed by atoms with E-state index in [9.17, 15) is 10.2 Å². The van der Waals surface area contributed by atoms with Gasteiger partial charge >= 0.3 is 0 Å². The number of hydrogen-bond acceptors (Lipinski definition) is 9. The zero-order valence-corrected chi connectivity index (χ0v) is 37.4. The van der Waals surface area contributed by atoms with Crippen LogP contribution in [0.3, 0.4) is 0 Å². The van der Waals surface area contributed by atoms with Gasteiger partial charge in [0.1, 0.15) is 12.7 Å². The molecule has 7 rings (SSSR count). The summed E-state index contributed by atoms with van der Waals surface area (Å²) in [6, 6.07) is 9.65. The maximum atomic E-state index is 11.9. The third-order valence-corrected chi connectivity index (χ3v) is 14.3. The first kappa shape index (κ1) is 45.2. The van der Waals surface area contributed by atoms with Crippen LogP contribution in [0.5, 0.6) is 5.75 Å². The molecule has 5 fully saturated rings. The van der Waals surface area contributed by atoms with E-state index in [1.54, 1.807) is 10.8 Å². The van der Waals surface area contributed by atoms with Crippen molar-refractivity contribution in [3.63, 3.8) is 0 Å². The van der Waals surface area contributed by atoms with Gasteiger partial charge in [0.2, 0.25) is 12.0 Å². The standard InChI is InChI=1S/C49H69ClNO9/c1-8-9-10-11-19-43-47(5,53)24-20-40-41(55-43)21-25-48(6)45(56-40)29-42-46(59-48)37(52)30-49(7)44(57-42)28-34(4)38(58-49)18-14-15-32(2)33(3)23-27-54-39-17-13-12-16-36(39)51-26-22-35(31-50)60-51/h8-10,12-13,15-17,22-23,26,34,37-38,40-46,52-53H,1,11,14,18-21,24-25,27-31H2,2-7H3/q+1/b10-9-,32-15+,33-23+. The number of aliphatic hydroxyl groups is 2. The molecule has 330 valence electrons. The van der Waals surface area contributed by atoms with E-state index in [-0.39, 0.29) is 48.6 Å². The Bertz CT molecular complexity index is 1860. The number of halogens is 1. The second kappa shape index (κ2) is 19.3. The van der Waals surface area contributed by atoms with Crippen molar-refractivity contribution in [2.75, 3.05) is 6.61 Å². The highest BCUT2D eigenvalue weighted by atomic mass is 35.5. The Balaban J connectivity index is 0.942. The summed E-state index contributed by atoms with van der Waals surface area (Å²) < 4.78 is 48.2. The minimum Gasteiger partial charge on any atom is -0.483 e. The van der Waals surface area contributed by atoms with Gasteiger partial charge in [-0.3, -0.25) is 0 Å². The topological polar surface area (TPSA) is 113 Å². The SMILES string of the molecule is C=C/C=C\CCC1OC2CCC3(C)OC4C(O)CC5(C)OC(CC/C=C(C)/C(C)=C/COc6ccccc6-[n+]6ccc(CCl)o6)C(C)CC5OC4CC3OC2CCC1(C)O. The molecule has 0 saturated carbocycles. The van der Waals surface area contributed by atoms with Crippen LogP contribution in [0.25, 0.3) is 5.69 Å². The summed E-state index contributed by atoms with van der Waals surface area (Å²) in [5.74, 6) is 2.01. The summed E-state index contributed by atoms with van der Waals surface area (Å²) in [6.45, 7) is 16.8. The number of nitrogens with zero attached hydrogens (tertiary/aromatic N) is 1. The summed E-state index contributed by atoms with van der Waals surface area (Å²) in [5, 5.41) is 23.3. The monoisotopic (exact) mass is 850 g/mol. The van der Waals surface area contributed by atoms with Crippen LogP contribution in [0.15, 0.2) is 89.2 Å². The molecule has 1 aromatic heterocycles. The number of fused-ring (bicyclic) bond motifs is 4. The minimum atomic E-state index is -0.935. The highest BCUT2D eigenvalue weighted by Gasteiger charge is 2.58. The van der Waals surface area contributed by atoms with Crippen LogP contribution in [0.2, 0.25) is 0 Å². The van der Waals surface area contributed by atoms with Crippen LogP contribution < -0.4 is 9.48 Å². The predicted molar refractivity (Wildman–Crippen MR) is 231 cm³/mol. The second-order valence-electron chi connectivity index (χ2n) is 18.7. The Kier molecular flexibility index (Phi) is 14.5. The van der Waals surface area contributed by atoms with E-state index in [4.69, 9.17) is 44.5 Å². The van der Waals surface area contributed by atoms with Gasteiger partial charge in [-0.1, -0.05) is 55.5 Å². The van der Waals surface area contributed by atoms with E-state index in [0.29, 0.717) is 43.9 Å². The van der Waals surface area contributed by atoms with Gasteiger partial charge in [-0.15, -0.1) is 11.6 Å². The molecule has 60 heavy (non-hydrogen) atoms. The number of alkyl halides is 1. The number of rotatable bonds is 13. The van der Waals surface area contributed by atoms with E-state index >= 15 is 0 Å². The van der Waals surface area contributed by atoms with Crippen molar-refractivity contribution in [1.82, 2.24) is 0 Å². The zero-order valence-electron chi connectivity index (χ0n) is 36.6. The van der Waals surface area contributed by atoms with Gasteiger partial charge < -0.3 is 38.6 Å². The zero-order chi connectivity index (χ0) is 42.7. The molecule has 0 aliphatic carbocycles. The minimum absolute atomic E-state index is 0.0350. The van der Waals surface area contributed by atoms with Crippen molar-refractivity contribution in [2.45, 2.75) is 190 Å². The number of para-hydroxylation sites is 2. The molecule has 0 bridgehead atoms. The van der Waals surface area contributed by atoms with Crippen LogP contribution >= 0.6 is 11.6 Å². The molecule has 2 aromatic rings. The van der Waals surface area contributed by atoms with Crippen molar-refractivity contribution in [3.8, 4) is 11.4 Å². The quantitative estimate of drug-likeness (QED) is 0.116. The first-order chi connectivity index (χ1) is 28.7. The van der Waals surface area contributed by atoms with Crippen molar-refractivity contribution in [1.29, 1.82) is 0 Å². The highest BCUT2D eigenvalue weighted by molar-refractivity contribution is 6.16. The molecular weight excluding hydrogens is 782 g/mol. The lowest BCUT2D eigenvalue weighted by molar-refractivity contribution is -0.785. The molecule has 6 heterocycles. The predicted octanol–water partition coefficient (Wildman–Crippen LogP) is 8.97. The van der Waals surface area contributed by atoms with E-state index in [0.717, 1.165) is 62.0 Å². The molecule has 13 unspecified atom stereocenters. The lowest BCUT2D eigenvalue weighted by Crippen LogP contribution is -2.59. The van der Waals surface area contributed by atoms with E-state index < -0.39 is 29.0 Å². The van der Waals surface area contributed by atoms with Gasteiger partial charge in [-0.25, -0.2) is 4.52 Å². The normalized spacial score (nSPS) is 38.8. The van der Waals surface area contributed by atoms with Crippen LogP contribution in [-0.2, 0) is 29.6 Å². The van der Waals surface area contributed by atoms with Gasteiger partial charge in [0, 0.05) is 23.6 Å². The molecule has 0 amide bonds. The first-order valence-corrected chi connectivity index (χ1v) is 22.9. The molecule has 0 radical (unpaired) electrons. The average molecular weight is 852 g/mol. The van der Waals surface area contributed by atoms with E-state index in [2.05, 4.69) is 59.4 Å². The van der Waals surface area contributed by atoms with Crippen molar-refractivity contribution in [2.24, 2.45) is 5.92 Å². The maximum absolute atomic E-state index is 11.9. The van der Waals surface area contributed by atoms with Crippen molar-refractivity contribution < 1.29 is 47.9 Å². The fraction of sp³-hybridized carbons (Fsp3) is 0.653. The van der Waals surface area contributed by atoms with Crippen LogP contribution in [0, 0.1) is 5.92 Å². The first-order valence-electron chi connectivity index (χ1n) is 22.3. The number of benzene rings is 1. The molecule has 5 aliphatic rings. The number of hydrogen-bond donors (Lipinski definition) is 2. The summed E-state index contributed by atoms with van der Waals surface area (Å²) in [4.78, 5) is 0. The lowest BCUT2D eigenvalue weighted by Gasteiger charge is -2.49. The molecule has 2 N–H and O–H groups in total. The Labute approximate surface area is 362 Å².